The Morgan fingerprint density at radius 1 is 0.917 bits per heavy atom. The number of hydrogen-bond acceptors (Lipinski definition) is 3. The van der Waals surface area contributed by atoms with Crippen molar-refractivity contribution in [3.8, 4) is 22.5 Å². The zero-order valence-corrected chi connectivity index (χ0v) is 13.8. The highest BCUT2D eigenvalue weighted by Crippen LogP contribution is 2.44. The molecule has 0 fully saturated rings. The maximum absolute atomic E-state index is 6.64. The lowest BCUT2D eigenvalue weighted by atomic mass is 9.99. The molecule has 0 saturated heterocycles. The highest BCUT2D eigenvalue weighted by Gasteiger charge is 2.22. The summed E-state index contributed by atoms with van der Waals surface area (Å²) in [5.74, 6) is 0.777. The Labute approximate surface area is 144 Å². The predicted octanol–water partition coefficient (Wildman–Crippen LogP) is 5.86. The number of rotatable bonds is 3. The predicted molar refractivity (Wildman–Crippen MR) is 99.4 cm³/mol. The van der Waals surface area contributed by atoms with Crippen LogP contribution in [-0.4, -0.2) is 12.0 Å². The third kappa shape index (κ3) is 2.34. The summed E-state index contributed by atoms with van der Waals surface area (Å²) in [5.41, 5.74) is 4.33. The van der Waals surface area contributed by atoms with Crippen molar-refractivity contribution in [2.45, 2.75) is 0 Å². The zero-order chi connectivity index (χ0) is 16.5. The van der Waals surface area contributed by atoms with Crippen LogP contribution in [0.4, 0.5) is 5.69 Å². The molecule has 118 valence electrons. The Hall–Kier alpha value is -2.78. The lowest BCUT2D eigenvalue weighted by Crippen LogP contribution is -1.91. The quantitative estimate of drug-likeness (QED) is 0.510. The van der Waals surface area contributed by atoms with E-state index < -0.39 is 0 Å². The Morgan fingerprint density at radius 2 is 1.54 bits per heavy atom. The van der Waals surface area contributed by atoms with Gasteiger partial charge in [0.05, 0.1) is 22.3 Å². The molecular formula is C20H15ClN2O. The molecule has 0 amide bonds. The molecule has 4 aromatic rings. The third-order valence-electron chi connectivity index (χ3n) is 4.02. The molecule has 24 heavy (non-hydrogen) atoms. The minimum absolute atomic E-state index is 0.539. The summed E-state index contributed by atoms with van der Waals surface area (Å²) in [5, 5.41) is 4.52. The van der Waals surface area contributed by atoms with Crippen molar-refractivity contribution in [2.75, 3.05) is 12.4 Å². The second-order valence-corrected chi connectivity index (χ2v) is 5.83. The molecule has 0 aliphatic carbocycles. The van der Waals surface area contributed by atoms with E-state index >= 15 is 0 Å². The third-order valence-corrected chi connectivity index (χ3v) is 4.42. The maximum Gasteiger partial charge on any atom is 0.228 e. The topological polar surface area (TPSA) is 38.1 Å². The van der Waals surface area contributed by atoms with Gasteiger partial charge < -0.3 is 9.73 Å². The first-order chi connectivity index (χ1) is 11.8. The SMILES string of the molecule is CNc1cnc2oc(-c3ccccc3)c(-c3ccccc3)c2c1Cl. The normalized spacial score (nSPS) is 10.9. The minimum atomic E-state index is 0.539. The van der Waals surface area contributed by atoms with E-state index in [1.807, 2.05) is 55.6 Å². The Balaban J connectivity index is 2.11. The van der Waals surface area contributed by atoms with Crippen LogP contribution in [-0.2, 0) is 0 Å². The first-order valence-electron chi connectivity index (χ1n) is 7.69. The van der Waals surface area contributed by atoms with Gasteiger partial charge in [0.25, 0.3) is 0 Å². The molecule has 0 bridgehead atoms. The van der Waals surface area contributed by atoms with Gasteiger partial charge in [0.15, 0.2) is 0 Å². The average Bonchev–Trinajstić information content (AvgIpc) is 3.04. The molecule has 4 rings (SSSR count). The summed E-state index contributed by atoms with van der Waals surface area (Å²) in [6, 6.07) is 20.1. The second-order valence-electron chi connectivity index (χ2n) is 5.45. The van der Waals surface area contributed by atoms with E-state index in [-0.39, 0.29) is 0 Å². The van der Waals surface area contributed by atoms with E-state index in [4.69, 9.17) is 16.0 Å². The fourth-order valence-corrected chi connectivity index (χ4v) is 3.19. The summed E-state index contributed by atoms with van der Waals surface area (Å²) in [6.45, 7) is 0. The first kappa shape index (κ1) is 14.8. The molecule has 0 unspecified atom stereocenters. The summed E-state index contributed by atoms with van der Waals surface area (Å²) in [4.78, 5) is 4.43. The molecule has 2 aromatic carbocycles. The van der Waals surface area contributed by atoms with Crippen molar-refractivity contribution in [2.24, 2.45) is 0 Å². The molecule has 0 aliphatic heterocycles. The van der Waals surface area contributed by atoms with Gasteiger partial charge in [-0.3, -0.25) is 0 Å². The molecule has 2 heterocycles. The largest absolute Gasteiger partial charge is 0.437 e. The molecule has 0 aliphatic rings. The van der Waals surface area contributed by atoms with Crippen LogP contribution in [0.1, 0.15) is 0 Å². The van der Waals surface area contributed by atoms with Crippen molar-refractivity contribution >= 4 is 28.4 Å². The number of pyridine rings is 1. The van der Waals surface area contributed by atoms with Gasteiger partial charge in [-0.15, -0.1) is 0 Å². The van der Waals surface area contributed by atoms with Crippen LogP contribution in [0.5, 0.6) is 0 Å². The molecule has 0 radical (unpaired) electrons. The molecule has 3 nitrogen and oxygen atoms in total. The number of hydrogen-bond donors (Lipinski definition) is 1. The standard InChI is InChI=1S/C20H15ClN2O/c1-22-15-12-23-20-17(18(15)21)16(13-8-4-2-5-9-13)19(24-20)14-10-6-3-7-11-14/h2-12,22H,1H3. The van der Waals surface area contributed by atoms with Gasteiger partial charge >= 0.3 is 0 Å². The van der Waals surface area contributed by atoms with Crippen LogP contribution in [0.15, 0.2) is 71.3 Å². The van der Waals surface area contributed by atoms with Crippen LogP contribution in [0.3, 0.4) is 0 Å². The van der Waals surface area contributed by atoms with Gasteiger partial charge in [-0.25, -0.2) is 4.98 Å². The summed E-state index contributed by atoms with van der Waals surface area (Å²) in [7, 11) is 1.83. The number of nitrogens with one attached hydrogen (secondary N) is 1. The number of aromatic nitrogens is 1. The first-order valence-corrected chi connectivity index (χ1v) is 8.07. The van der Waals surface area contributed by atoms with Crippen molar-refractivity contribution < 1.29 is 4.42 Å². The molecule has 4 heteroatoms. The zero-order valence-electron chi connectivity index (χ0n) is 13.1. The van der Waals surface area contributed by atoms with E-state index in [2.05, 4.69) is 22.4 Å². The van der Waals surface area contributed by atoms with E-state index in [1.54, 1.807) is 6.20 Å². The smallest absolute Gasteiger partial charge is 0.228 e. The van der Waals surface area contributed by atoms with Crippen LogP contribution >= 0.6 is 11.6 Å². The molecule has 0 saturated carbocycles. The van der Waals surface area contributed by atoms with Gasteiger partial charge in [0.1, 0.15) is 5.76 Å². The van der Waals surface area contributed by atoms with Gasteiger partial charge in [-0.05, 0) is 5.56 Å². The minimum Gasteiger partial charge on any atom is -0.437 e. The van der Waals surface area contributed by atoms with Crippen molar-refractivity contribution in [3.05, 3.63) is 71.9 Å². The molecule has 0 atom stereocenters. The van der Waals surface area contributed by atoms with Gasteiger partial charge in [-0.2, -0.15) is 0 Å². The molecular weight excluding hydrogens is 320 g/mol. The highest BCUT2D eigenvalue weighted by atomic mass is 35.5. The van der Waals surface area contributed by atoms with E-state index in [1.165, 1.54) is 0 Å². The van der Waals surface area contributed by atoms with Gasteiger partial charge in [0, 0.05) is 18.2 Å². The van der Waals surface area contributed by atoms with Gasteiger partial charge in [-0.1, -0.05) is 72.3 Å². The maximum atomic E-state index is 6.64. The Kier molecular flexibility index (Phi) is 3.71. The van der Waals surface area contributed by atoms with E-state index in [0.717, 1.165) is 33.5 Å². The van der Waals surface area contributed by atoms with Crippen LogP contribution in [0, 0.1) is 0 Å². The number of fused-ring (bicyclic) bond motifs is 1. The van der Waals surface area contributed by atoms with Crippen molar-refractivity contribution in [1.29, 1.82) is 0 Å². The highest BCUT2D eigenvalue weighted by molar-refractivity contribution is 6.39. The number of nitrogens with zero attached hydrogens (tertiary/aromatic N) is 1. The average molecular weight is 335 g/mol. The number of furan rings is 1. The summed E-state index contributed by atoms with van der Waals surface area (Å²) in [6.07, 6.45) is 1.69. The monoisotopic (exact) mass is 334 g/mol. The summed E-state index contributed by atoms with van der Waals surface area (Å²) < 4.78 is 6.10. The fourth-order valence-electron chi connectivity index (χ4n) is 2.88. The van der Waals surface area contributed by atoms with Crippen LogP contribution in [0.2, 0.25) is 5.02 Å². The van der Waals surface area contributed by atoms with E-state index in [9.17, 15) is 0 Å². The van der Waals surface area contributed by atoms with Crippen LogP contribution < -0.4 is 5.32 Å². The second kappa shape index (κ2) is 6.02. The fraction of sp³-hybridized carbons (Fsp3) is 0.0500. The van der Waals surface area contributed by atoms with Crippen LogP contribution in [0.25, 0.3) is 33.6 Å². The van der Waals surface area contributed by atoms with Crippen molar-refractivity contribution in [3.63, 3.8) is 0 Å². The summed E-state index contributed by atoms with van der Waals surface area (Å²) >= 11 is 6.64. The van der Waals surface area contributed by atoms with Gasteiger partial charge in [0.2, 0.25) is 5.71 Å². The number of benzene rings is 2. The number of anilines is 1. The van der Waals surface area contributed by atoms with Crippen molar-refractivity contribution in [1.82, 2.24) is 4.98 Å². The Bertz CT molecular complexity index is 995. The molecule has 2 aromatic heterocycles. The molecule has 1 N–H and O–H groups in total. The lowest BCUT2D eigenvalue weighted by Gasteiger charge is -2.06. The lowest BCUT2D eigenvalue weighted by molar-refractivity contribution is 0.619. The number of halogens is 1. The Morgan fingerprint density at radius 3 is 2.17 bits per heavy atom. The molecule has 0 spiro atoms. The van der Waals surface area contributed by atoms with E-state index in [0.29, 0.717) is 10.7 Å².